The molecule has 100 valence electrons. The van der Waals surface area contributed by atoms with Gasteiger partial charge in [0.15, 0.2) is 0 Å². The number of ether oxygens (including phenoxy) is 1. The number of halogens is 1. The Balaban J connectivity index is 2.11. The second kappa shape index (κ2) is 6.68. The molecular weight excluding hydrogens is 304 g/mol. The number of rotatable bonds is 5. The van der Waals surface area contributed by atoms with Gasteiger partial charge in [0.2, 0.25) is 0 Å². The van der Waals surface area contributed by atoms with Crippen molar-refractivity contribution >= 4 is 15.9 Å². The van der Waals surface area contributed by atoms with Gasteiger partial charge in [0.05, 0.1) is 0 Å². The highest BCUT2D eigenvalue weighted by Crippen LogP contribution is 2.25. The van der Waals surface area contributed by atoms with E-state index in [2.05, 4.69) is 27.0 Å². The third-order valence-corrected chi connectivity index (χ3v) is 3.20. The number of nitrogens with zero attached hydrogens (tertiary/aromatic N) is 1. The normalized spacial score (nSPS) is 12.2. The lowest BCUT2D eigenvalue weighted by molar-refractivity contribution is 0.302. The first-order valence-electron chi connectivity index (χ1n) is 6.21. The molecule has 1 atom stereocenters. The summed E-state index contributed by atoms with van der Waals surface area (Å²) in [5.41, 5.74) is 8.10. The number of aromatic nitrogens is 1. The zero-order valence-corrected chi connectivity index (χ0v) is 12.4. The van der Waals surface area contributed by atoms with Gasteiger partial charge in [-0.1, -0.05) is 15.9 Å². The highest BCUT2D eigenvalue weighted by Gasteiger charge is 2.07. The molecule has 0 aliphatic rings. The van der Waals surface area contributed by atoms with E-state index in [1.165, 1.54) is 0 Å². The van der Waals surface area contributed by atoms with E-state index >= 15 is 0 Å². The smallest absolute Gasteiger partial charge is 0.123 e. The minimum absolute atomic E-state index is 0.109. The average Bonchev–Trinajstić information content (AvgIpc) is 2.38. The lowest BCUT2D eigenvalue weighted by atomic mass is 10.1. The third-order valence-electron chi connectivity index (χ3n) is 2.71. The van der Waals surface area contributed by atoms with Crippen molar-refractivity contribution in [1.29, 1.82) is 0 Å². The Labute approximate surface area is 121 Å². The van der Waals surface area contributed by atoms with E-state index in [4.69, 9.17) is 10.5 Å². The fourth-order valence-corrected chi connectivity index (χ4v) is 2.24. The van der Waals surface area contributed by atoms with Crippen molar-refractivity contribution in [3.05, 3.63) is 58.3 Å². The van der Waals surface area contributed by atoms with E-state index < -0.39 is 0 Å². The van der Waals surface area contributed by atoms with Crippen molar-refractivity contribution in [1.82, 2.24) is 4.98 Å². The number of benzene rings is 1. The molecule has 1 unspecified atom stereocenters. The molecule has 19 heavy (non-hydrogen) atoms. The molecule has 4 heteroatoms. The van der Waals surface area contributed by atoms with Crippen LogP contribution in [0, 0.1) is 0 Å². The van der Waals surface area contributed by atoms with E-state index in [0.717, 1.165) is 27.8 Å². The van der Waals surface area contributed by atoms with Crippen molar-refractivity contribution in [2.24, 2.45) is 5.73 Å². The molecule has 2 rings (SSSR count). The molecule has 0 saturated carbocycles. The molecule has 0 aliphatic heterocycles. The summed E-state index contributed by atoms with van der Waals surface area (Å²) in [4.78, 5) is 3.99. The second-order valence-corrected chi connectivity index (χ2v) is 5.49. The Morgan fingerprint density at radius 1 is 1.26 bits per heavy atom. The zero-order chi connectivity index (χ0) is 13.7. The minimum Gasteiger partial charge on any atom is -0.489 e. The summed E-state index contributed by atoms with van der Waals surface area (Å²) >= 11 is 3.48. The van der Waals surface area contributed by atoms with Crippen LogP contribution >= 0.6 is 15.9 Å². The van der Waals surface area contributed by atoms with E-state index in [-0.39, 0.29) is 6.04 Å². The van der Waals surface area contributed by atoms with Crippen molar-refractivity contribution in [2.45, 2.75) is 26.0 Å². The van der Waals surface area contributed by atoms with Crippen molar-refractivity contribution in [3.8, 4) is 5.75 Å². The van der Waals surface area contributed by atoms with Crippen molar-refractivity contribution in [3.63, 3.8) is 0 Å². The first-order valence-corrected chi connectivity index (χ1v) is 7.00. The van der Waals surface area contributed by atoms with Crippen LogP contribution in [0.3, 0.4) is 0 Å². The first-order chi connectivity index (χ1) is 9.15. The van der Waals surface area contributed by atoms with Crippen LogP contribution in [0.25, 0.3) is 0 Å². The molecule has 0 spiro atoms. The number of hydrogen-bond acceptors (Lipinski definition) is 3. The molecule has 0 fully saturated rings. The quantitative estimate of drug-likeness (QED) is 0.919. The predicted molar refractivity (Wildman–Crippen MR) is 80.1 cm³/mol. The standard InChI is InChI=1S/C15H17BrN2O/c1-11(17)8-13-9-14(16)2-3-15(13)19-10-12-4-6-18-7-5-12/h2-7,9,11H,8,10,17H2,1H3. The fraction of sp³-hybridized carbons (Fsp3) is 0.267. The Morgan fingerprint density at radius 2 is 2.00 bits per heavy atom. The average molecular weight is 321 g/mol. The van der Waals surface area contributed by atoms with E-state index in [1.54, 1.807) is 12.4 Å². The van der Waals surface area contributed by atoms with Gasteiger partial charge in [0, 0.05) is 22.9 Å². The van der Waals surface area contributed by atoms with Crippen LogP contribution in [0.5, 0.6) is 5.75 Å². The molecule has 1 aromatic carbocycles. The van der Waals surface area contributed by atoms with Gasteiger partial charge in [0.1, 0.15) is 12.4 Å². The molecule has 0 aliphatic carbocycles. The van der Waals surface area contributed by atoms with Crippen molar-refractivity contribution in [2.75, 3.05) is 0 Å². The monoisotopic (exact) mass is 320 g/mol. The maximum Gasteiger partial charge on any atom is 0.123 e. The molecule has 2 aromatic rings. The van der Waals surface area contributed by atoms with Crippen LogP contribution in [0.4, 0.5) is 0 Å². The van der Waals surface area contributed by atoms with Gasteiger partial charge in [-0.3, -0.25) is 4.98 Å². The Morgan fingerprint density at radius 3 is 2.68 bits per heavy atom. The maximum absolute atomic E-state index is 5.87. The summed E-state index contributed by atoms with van der Waals surface area (Å²) in [6, 6.07) is 10.0. The maximum atomic E-state index is 5.87. The van der Waals surface area contributed by atoms with Crippen LogP contribution in [0.1, 0.15) is 18.1 Å². The lowest BCUT2D eigenvalue weighted by Gasteiger charge is -2.13. The third kappa shape index (κ3) is 4.33. The summed E-state index contributed by atoms with van der Waals surface area (Å²) in [7, 11) is 0. The largest absolute Gasteiger partial charge is 0.489 e. The topological polar surface area (TPSA) is 48.1 Å². The van der Waals surface area contributed by atoms with Crippen LogP contribution in [-0.2, 0) is 13.0 Å². The van der Waals surface area contributed by atoms with E-state index in [0.29, 0.717) is 6.61 Å². The summed E-state index contributed by atoms with van der Waals surface area (Å²) in [6.45, 7) is 2.53. The SMILES string of the molecule is CC(N)Cc1cc(Br)ccc1OCc1ccncc1. The van der Waals surface area contributed by atoms with Gasteiger partial charge >= 0.3 is 0 Å². The van der Waals surface area contributed by atoms with E-state index in [1.807, 2.05) is 31.2 Å². The van der Waals surface area contributed by atoms with Crippen LogP contribution < -0.4 is 10.5 Å². The van der Waals surface area contributed by atoms with Gasteiger partial charge in [-0.2, -0.15) is 0 Å². The second-order valence-electron chi connectivity index (χ2n) is 4.58. The molecule has 1 heterocycles. The molecule has 0 saturated heterocycles. The minimum atomic E-state index is 0.109. The fourth-order valence-electron chi connectivity index (χ4n) is 1.84. The number of hydrogen-bond donors (Lipinski definition) is 1. The van der Waals surface area contributed by atoms with E-state index in [9.17, 15) is 0 Å². The first kappa shape index (κ1) is 14.0. The zero-order valence-electron chi connectivity index (χ0n) is 10.8. The molecule has 0 radical (unpaired) electrons. The molecule has 0 amide bonds. The lowest BCUT2D eigenvalue weighted by Crippen LogP contribution is -2.18. The Bertz CT molecular complexity index is 529. The predicted octanol–water partition coefficient (Wildman–Crippen LogP) is 3.31. The van der Waals surface area contributed by atoms with Gasteiger partial charge < -0.3 is 10.5 Å². The molecule has 2 N–H and O–H groups in total. The summed E-state index contributed by atoms with van der Waals surface area (Å²) in [5, 5.41) is 0. The molecule has 1 aromatic heterocycles. The van der Waals surface area contributed by atoms with Crippen molar-refractivity contribution < 1.29 is 4.74 Å². The highest BCUT2D eigenvalue weighted by atomic mass is 79.9. The molecular formula is C15H17BrN2O. The van der Waals surface area contributed by atoms with Gasteiger partial charge in [-0.25, -0.2) is 0 Å². The van der Waals surface area contributed by atoms with Crippen LogP contribution in [-0.4, -0.2) is 11.0 Å². The van der Waals surface area contributed by atoms with Gasteiger partial charge in [0.25, 0.3) is 0 Å². The Kier molecular flexibility index (Phi) is 4.93. The molecule has 3 nitrogen and oxygen atoms in total. The number of pyridine rings is 1. The summed E-state index contributed by atoms with van der Waals surface area (Å²) in [5.74, 6) is 0.886. The number of nitrogens with two attached hydrogens (primary N) is 1. The summed E-state index contributed by atoms with van der Waals surface area (Å²) in [6.07, 6.45) is 4.33. The van der Waals surface area contributed by atoms with Crippen LogP contribution in [0.15, 0.2) is 47.2 Å². The summed E-state index contributed by atoms with van der Waals surface area (Å²) < 4.78 is 6.92. The van der Waals surface area contributed by atoms with Crippen LogP contribution in [0.2, 0.25) is 0 Å². The van der Waals surface area contributed by atoms with Gasteiger partial charge in [-0.05, 0) is 54.8 Å². The van der Waals surface area contributed by atoms with Gasteiger partial charge in [-0.15, -0.1) is 0 Å². The highest BCUT2D eigenvalue weighted by molar-refractivity contribution is 9.10. The molecule has 0 bridgehead atoms. The Hall–Kier alpha value is -1.39.